The van der Waals surface area contributed by atoms with E-state index in [0.29, 0.717) is 0 Å². The molecular weight excluding hydrogens is 204 g/mol. The number of carboxylic acid groups (broad SMARTS) is 1. The quantitative estimate of drug-likeness (QED) is 0.832. The largest absolute Gasteiger partial charge is 0.481 e. The Kier molecular flexibility index (Phi) is 1.80. The van der Waals surface area contributed by atoms with Crippen LogP contribution in [0, 0.1) is 5.92 Å². The molecule has 4 nitrogen and oxygen atoms in total. The van der Waals surface area contributed by atoms with Gasteiger partial charge in [-0.1, -0.05) is 12.1 Å². The summed E-state index contributed by atoms with van der Waals surface area (Å²) in [7, 11) is 1.90. The minimum Gasteiger partial charge on any atom is -0.481 e. The topological polar surface area (TPSA) is 55.1 Å². The highest BCUT2D eigenvalue weighted by atomic mass is 16.4. The van der Waals surface area contributed by atoms with Gasteiger partial charge in [0.2, 0.25) is 0 Å². The molecule has 2 atom stereocenters. The fourth-order valence-corrected chi connectivity index (χ4v) is 2.23. The molecule has 1 unspecified atom stereocenters. The van der Waals surface area contributed by atoms with Crippen LogP contribution in [0.1, 0.15) is 17.9 Å². The van der Waals surface area contributed by atoms with Gasteiger partial charge in [-0.05, 0) is 24.0 Å². The van der Waals surface area contributed by atoms with E-state index < -0.39 is 5.97 Å². The van der Waals surface area contributed by atoms with Crippen molar-refractivity contribution in [3.63, 3.8) is 0 Å². The Morgan fingerprint density at radius 2 is 2.38 bits per heavy atom. The molecule has 1 N–H and O–H groups in total. The first-order valence-electron chi connectivity index (χ1n) is 5.31. The van der Waals surface area contributed by atoms with Crippen molar-refractivity contribution >= 4 is 16.9 Å². The molecule has 0 spiro atoms. The first-order valence-corrected chi connectivity index (χ1v) is 5.31. The molecule has 1 aliphatic rings. The highest BCUT2D eigenvalue weighted by molar-refractivity contribution is 5.81. The molecule has 1 aliphatic carbocycles. The Balaban J connectivity index is 2.00. The summed E-state index contributed by atoms with van der Waals surface area (Å²) in [5.74, 6) is -0.683. The Bertz CT molecular complexity index is 573. The normalized spacial score (nSPS) is 23.6. The second kappa shape index (κ2) is 3.07. The van der Waals surface area contributed by atoms with Gasteiger partial charge in [0.1, 0.15) is 0 Å². The summed E-state index contributed by atoms with van der Waals surface area (Å²) in [6, 6.07) is 6.07. The van der Waals surface area contributed by atoms with Gasteiger partial charge in [-0.25, -0.2) is 0 Å². The Hall–Kier alpha value is -1.84. The molecule has 3 rings (SSSR count). The number of benzene rings is 1. The van der Waals surface area contributed by atoms with Gasteiger partial charge in [-0.2, -0.15) is 5.10 Å². The molecule has 1 aromatic heterocycles. The van der Waals surface area contributed by atoms with E-state index in [1.54, 1.807) is 0 Å². The van der Waals surface area contributed by atoms with Crippen LogP contribution in [0.2, 0.25) is 0 Å². The lowest BCUT2D eigenvalue weighted by Crippen LogP contribution is -1.99. The molecule has 1 aromatic carbocycles. The van der Waals surface area contributed by atoms with Gasteiger partial charge in [0.05, 0.1) is 17.6 Å². The third-order valence-corrected chi connectivity index (χ3v) is 3.31. The number of aryl methyl sites for hydroxylation is 1. The molecule has 1 saturated carbocycles. The fourth-order valence-electron chi connectivity index (χ4n) is 2.23. The van der Waals surface area contributed by atoms with Crippen LogP contribution in [0.3, 0.4) is 0 Å². The van der Waals surface area contributed by atoms with E-state index in [2.05, 4.69) is 11.2 Å². The standard InChI is InChI=1S/C12H12N2O2/c1-14-11-4-7(2-3-8(11)6-13-14)9-5-10(9)12(15)16/h2-4,6,9-10H,5H2,1H3,(H,15,16)/t9-,10?/m0/s1. The average molecular weight is 216 g/mol. The van der Waals surface area contributed by atoms with E-state index in [4.69, 9.17) is 5.11 Å². The van der Waals surface area contributed by atoms with Crippen LogP contribution in [0.5, 0.6) is 0 Å². The van der Waals surface area contributed by atoms with Crippen LogP contribution >= 0.6 is 0 Å². The Morgan fingerprint density at radius 3 is 3.06 bits per heavy atom. The van der Waals surface area contributed by atoms with Crippen molar-refractivity contribution in [2.24, 2.45) is 13.0 Å². The van der Waals surface area contributed by atoms with Gasteiger partial charge < -0.3 is 5.11 Å². The van der Waals surface area contributed by atoms with Crippen molar-refractivity contribution in [1.82, 2.24) is 9.78 Å². The lowest BCUT2D eigenvalue weighted by atomic mass is 10.1. The summed E-state index contributed by atoms with van der Waals surface area (Å²) >= 11 is 0. The van der Waals surface area contributed by atoms with Crippen LogP contribution < -0.4 is 0 Å². The number of carboxylic acids is 1. The second-order valence-corrected chi connectivity index (χ2v) is 4.37. The molecule has 0 amide bonds. The summed E-state index contributed by atoms with van der Waals surface area (Å²) in [5.41, 5.74) is 2.18. The smallest absolute Gasteiger partial charge is 0.307 e. The van der Waals surface area contributed by atoms with Crippen molar-refractivity contribution in [3.8, 4) is 0 Å². The predicted octanol–water partition coefficient (Wildman–Crippen LogP) is 1.76. The highest BCUT2D eigenvalue weighted by Crippen LogP contribution is 2.47. The number of fused-ring (bicyclic) bond motifs is 1. The van der Waals surface area contributed by atoms with Crippen molar-refractivity contribution in [3.05, 3.63) is 30.0 Å². The van der Waals surface area contributed by atoms with Crippen molar-refractivity contribution in [2.75, 3.05) is 0 Å². The van der Waals surface area contributed by atoms with Crippen molar-refractivity contribution < 1.29 is 9.90 Å². The molecule has 2 aromatic rings. The van der Waals surface area contributed by atoms with Gasteiger partial charge in [-0.3, -0.25) is 9.48 Å². The predicted molar refractivity (Wildman–Crippen MR) is 59.2 cm³/mol. The van der Waals surface area contributed by atoms with Crippen LogP contribution in [0.15, 0.2) is 24.4 Å². The molecular formula is C12H12N2O2. The lowest BCUT2D eigenvalue weighted by molar-refractivity contribution is -0.138. The number of hydrogen-bond donors (Lipinski definition) is 1. The number of aliphatic carboxylic acids is 1. The number of aromatic nitrogens is 2. The molecule has 0 aliphatic heterocycles. The van der Waals surface area contributed by atoms with Gasteiger partial charge in [0.15, 0.2) is 0 Å². The number of carbonyl (C=O) groups is 1. The van der Waals surface area contributed by atoms with Gasteiger partial charge in [-0.15, -0.1) is 0 Å². The monoisotopic (exact) mass is 216 g/mol. The van der Waals surface area contributed by atoms with Gasteiger partial charge in [0.25, 0.3) is 0 Å². The molecule has 1 heterocycles. The minimum atomic E-state index is -0.685. The second-order valence-electron chi connectivity index (χ2n) is 4.37. The molecule has 82 valence electrons. The van der Waals surface area contributed by atoms with E-state index in [1.807, 2.05) is 30.1 Å². The number of nitrogens with zero attached hydrogens (tertiary/aromatic N) is 2. The number of rotatable bonds is 2. The number of hydrogen-bond acceptors (Lipinski definition) is 2. The molecule has 4 heteroatoms. The Morgan fingerprint density at radius 1 is 1.56 bits per heavy atom. The van der Waals surface area contributed by atoms with E-state index in [0.717, 1.165) is 22.9 Å². The molecule has 0 radical (unpaired) electrons. The maximum Gasteiger partial charge on any atom is 0.307 e. The van der Waals surface area contributed by atoms with E-state index >= 15 is 0 Å². The van der Waals surface area contributed by atoms with Crippen LogP contribution in [0.25, 0.3) is 10.9 Å². The van der Waals surface area contributed by atoms with Crippen LogP contribution in [-0.2, 0) is 11.8 Å². The highest BCUT2D eigenvalue weighted by Gasteiger charge is 2.44. The van der Waals surface area contributed by atoms with Crippen molar-refractivity contribution in [1.29, 1.82) is 0 Å². The summed E-state index contributed by atoms with van der Waals surface area (Å²) < 4.78 is 1.82. The molecule has 0 bridgehead atoms. The van der Waals surface area contributed by atoms with Gasteiger partial charge >= 0.3 is 5.97 Å². The lowest BCUT2D eigenvalue weighted by Gasteiger charge is -2.00. The van der Waals surface area contributed by atoms with E-state index in [-0.39, 0.29) is 11.8 Å². The van der Waals surface area contributed by atoms with Crippen molar-refractivity contribution in [2.45, 2.75) is 12.3 Å². The first-order chi connectivity index (χ1) is 7.66. The zero-order valence-electron chi connectivity index (χ0n) is 8.92. The van der Waals surface area contributed by atoms with Gasteiger partial charge in [0, 0.05) is 12.4 Å². The SMILES string of the molecule is Cn1ncc2ccc([C@@H]3CC3C(=O)O)cc21. The summed E-state index contributed by atoms with van der Waals surface area (Å²) in [5, 5.41) is 14.2. The first kappa shape index (κ1) is 9.39. The third kappa shape index (κ3) is 1.30. The Labute approximate surface area is 92.5 Å². The van der Waals surface area contributed by atoms with E-state index in [9.17, 15) is 4.79 Å². The molecule has 1 fully saturated rings. The summed E-state index contributed by atoms with van der Waals surface area (Å²) in [6.07, 6.45) is 2.58. The third-order valence-electron chi connectivity index (χ3n) is 3.31. The zero-order chi connectivity index (χ0) is 11.3. The van der Waals surface area contributed by atoms with E-state index in [1.165, 1.54) is 0 Å². The van der Waals surface area contributed by atoms with Crippen LogP contribution in [-0.4, -0.2) is 20.9 Å². The molecule has 0 saturated heterocycles. The zero-order valence-corrected chi connectivity index (χ0v) is 8.92. The maximum absolute atomic E-state index is 10.8. The molecule has 16 heavy (non-hydrogen) atoms. The fraction of sp³-hybridized carbons (Fsp3) is 0.333. The minimum absolute atomic E-state index is 0.189. The summed E-state index contributed by atoms with van der Waals surface area (Å²) in [4.78, 5) is 10.8. The maximum atomic E-state index is 10.8. The average Bonchev–Trinajstić information content (AvgIpc) is 2.99. The summed E-state index contributed by atoms with van der Waals surface area (Å²) in [6.45, 7) is 0. The van der Waals surface area contributed by atoms with Crippen LogP contribution in [0.4, 0.5) is 0 Å².